The van der Waals surface area contributed by atoms with Crippen molar-refractivity contribution in [1.29, 1.82) is 0 Å². The molecular formula is C20H48O6Si5. The van der Waals surface area contributed by atoms with Gasteiger partial charge < -0.3 is 20.9 Å². The largest absolute Gasteiger partial charge is 0.639 e. The van der Waals surface area contributed by atoms with Crippen LogP contribution in [0.3, 0.4) is 0 Å². The average Bonchev–Trinajstić information content (AvgIpc) is 2.37. The molecule has 0 bridgehead atoms. The topological polar surface area (TPSA) is 63.2 Å². The zero-order valence-electron chi connectivity index (χ0n) is 22.3. The number of carbonyl (C=O) groups is 1. The fourth-order valence-electron chi connectivity index (χ4n) is 3.22. The molecule has 0 N–H and O–H groups in total. The van der Waals surface area contributed by atoms with Crippen molar-refractivity contribution in [2.24, 2.45) is 11.8 Å². The maximum Gasteiger partial charge on any atom is 0.639 e. The summed E-state index contributed by atoms with van der Waals surface area (Å²) in [5.74, 6) is 0.102. The molecule has 0 amide bonds. The van der Waals surface area contributed by atoms with Crippen LogP contribution in [-0.2, 0) is 25.7 Å². The van der Waals surface area contributed by atoms with Crippen LogP contribution in [0, 0.1) is 11.8 Å². The summed E-state index contributed by atoms with van der Waals surface area (Å²) in [5, 5.41) is 0. The lowest BCUT2D eigenvalue weighted by molar-refractivity contribution is -0.131. The highest BCUT2D eigenvalue weighted by atomic mass is 28.5. The Hall–Kier alpha value is 0.134. The predicted octanol–water partition coefficient (Wildman–Crippen LogP) is 6.48. The summed E-state index contributed by atoms with van der Waals surface area (Å²) >= 11 is 0. The summed E-state index contributed by atoms with van der Waals surface area (Å²) in [5.41, 5.74) is 0. The van der Waals surface area contributed by atoms with E-state index in [4.69, 9.17) is 20.9 Å². The molecule has 0 unspecified atom stereocenters. The number of rotatable bonds is 14. The number of hydrogen-bond acceptors (Lipinski definition) is 6. The van der Waals surface area contributed by atoms with Gasteiger partial charge in [-0.25, -0.2) is 4.79 Å². The van der Waals surface area contributed by atoms with E-state index in [2.05, 4.69) is 93.2 Å². The minimum absolute atomic E-state index is 0.278. The van der Waals surface area contributed by atoms with E-state index in [1.54, 1.807) is 0 Å². The Balaban J connectivity index is 6.76. The van der Waals surface area contributed by atoms with E-state index in [0.29, 0.717) is 12.1 Å². The van der Waals surface area contributed by atoms with Gasteiger partial charge in [-0.05, 0) is 70.8 Å². The van der Waals surface area contributed by atoms with Crippen LogP contribution in [0.1, 0.15) is 27.7 Å². The molecule has 0 fully saturated rings. The van der Waals surface area contributed by atoms with Crippen LogP contribution in [-0.4, -0.2) is 48.5 Å². The highest BCUT2D eigenvalue weighted by Gasteiger charge is 2.60. The lowest BCUT2D eigenvalue weighted by Crippen LogP contribution is -2.67. The first-order valence-electron chi connectivity index (χ1n) is 11.3. The Kier molecular flexibility index (Phi) is 11.6. The van der Waals surface area contributed by atoms with E-state index in [1.165, 1.54) is 6.08 Å². The highest BCUT2D eigenvalue weighted by Crippen LogP contribution is 2.36. The van der Waals surface area contributed by atoms with Crippen LogP contribution in [0.5, 0.6) is 0 Å². The molecule has 0 aromatic rings. The lowest BCUT2D eigenvalue weighted by Gasteiger charge is -2.45. The standard InChI is InChI=1S/C20H48O6Si5/c1-15-20(21)22-30(16-18(2)3,17-19(4)5)26-31(23-27(6,7)8,24-28(9,10)11)25-29(12,13)14/h15,18-19H,1,16-17H2,2-14H3. The van der Waals surface area contributed by atoms with Crippen LogP contribution < -0.4 is 0 Å². The summed E-state index contributed by atoms with van der Waals surface area (Å²) in [6, 6.07) is 1.30. The van der Waals surface area contributed by atoms with Crippen molar-refractivity contribution in [2.45, 2.75) is 98.7 Å². The van der Waals surface area contributed by atoms with Gasteiger partial charge in [0.05, 0.1) is 0 Å². The molecule has 0 saturated carbocycles. The van der Waals surface area contributed by atoms with Gasteiger partial charge in [-0.2, -0.15) is 0 Å². The van der Waals surface area contributed by atoms with Gasteiger partial charge in [-0.3, -0.25) is 0 Å². The molecular weight excluding hydrogens is 477 g/mol. The lowest BCUT2D eigenvalue weighted by atomic mass is 10.3. The van der Waals surface area contributed by atoms with E-state index >= 15 is 0 Å². The minimum atomic E-state index is -3.62. The maximum absolute atomic E-state index is 12.5. The molecule has 0 aliphatic rings. The molecule has 0 atom stereocenters. The molecule has 0 aromatic carbocycles. The van der Waals surface area contributed by atoms with E-state index in [9.17, 15) is 4.79 Å². The van der Waals surface area contributed by atoms with Crippen molar-refractivity contribution < 1.29 is 25.7 Å². The Morgan fingerprint density at radius 2 is 1.03 bits per heavy atom. The molecule has 6 nitrogen and oxygen atoms in total. The molecule has 31 heavy (non-hydrogen) atoms. The minimum Gasteiger partial charge on any atom is -0.491 e. The quantitative estimate of drug-likeness (QED) is 0.191. The summed E-state index contributed by atoms with van der Waals surface area (Å²) in [6.45, 7) is 31.1. The molecule has 0 saturated heterocycles. The zero-order chi connectivity index (χ0) is 24.9. The molecule has 0 aliphatic heterocycles. The van der Waals surface area contributed by atoms with Crippen molar-refractivity contribution in [3.8, 4) is 0 Å². The molecule has 0 aromatic heterocycles. The second kappa shape index (κ2) is 11.5. The molecule has 11 heteroatoms. The van der Waals surface area contributed by atoms with Crippen LogP contribution >= 0.6 is 0 Å². The van der Waals surface area contributed by atoms with Crippen LogP contribution in [0.2, 0.25) is 71.0 Å². The van der Waals surface area contributed by atoms with Gasteiger partial charge in [-0.1, -0.05) is 34.3 Å². The third-order valence-electron chi connectivity index (χ3n) is 3.50. The van der Waals surface area contributed by atoms with Gasteiger partial charge in [0, 0.05) is 18.2 Å². The van der Waals surface area contributed by atoms with Crippen molar-refractivity contribution in [3.63, 3.8) is 0 Å². The van der Waals surface area contributed by atoms with Gasteiger partial charge >= 0.3 is 23.6 Å². The van der Waals surface area contributed by atoms with Gasteiger partial charge in [0.1, 0.15) is 0 Å². The first-order valence-corrected chi connectivity index (χ1v) is 25.4. The third-order valence-corrected chi connectivity index (χ3v) is 19.8. The molecule has 0 spiro atoms. The normalized spacial score (nSPS) is 14.3. The van der Waals surface area contributed by atoms with Crippen LogP contribution in [0.4, 0.5) is 0 Å². The summed E-state index contributed by atoms with van der Waals surface area (Å²) in [6.07, 6.45) is 1.22. The van der Waals surface area contributed by atoms with Crippen molar-refractivity contribution in [3.05, 3.63) is 12.7 Å². The van der Waals surface area contributed by atoms with E-state index < -0.39 is 48.5 Å². The average molecular weight is 525 g/mol. The third kappa shape index (κ3) is 14.1. The van der Waals surface area contributed by atoms with Crippen LogP contribution in [0.25, 0.3) is 0 Å². The monoisotopic (exact) mass is 524 g/mol. The Bertz CT molecular complexity index is 540. The Morgan fingerprint density at radius 3 is 1.26 bits per heavy atom. The van der Waals surface area contributed by atoms with Gasteiger partial charge in [0.15, 0.2) is 25.0 Å². The fraction of sp³-hybridized carbons (Fsp3) is 0.850. The maximum atomic E-state index is 12.5. The molecule has 184 valence electrons. The molecule has 0 rings (SSSR count). The molecule has 0 aliphatic carbocycles. The second-order valence-corrected chi connectivity index (χ2v) is 31.8. The summed E-state index contributed by atoms with van der Waals surface area (Å²) in [4.78, 5) is 12.5. The SMILES string of the molecule is C=CC(=O)O[Si](CC(C)C)(CC(C)C)O[Si](O[Si](C)(C)C)(O[Si](C)(C)C)O[Si](C)(C)C. The zero-order valence-corrected chi connectivity index (χ0v) is 27.3. The summed E-state index contributed by atoms with van der Waals surface area (Å²) in [7, 11) is -13.1. The smallest absolute Gasteiger partial charge is 0.491 e. The Morgan fingerprint density at radius 1 is 0.710 bits per heavy atom. The van der Waals surface area contributed by atoms with E-state index in [1.807, 2.05) is 0 Å². The van der Waals surface area contributed by atoms with Crippen LogP contribution in [0.15, 0.2) is 12.7 Å². The van der Waals surface area contributed by atoms with E-state index in [-0.39, 0.29) is 11.8 Å². The second-order valence-electron chi connectivity index (χ2n) is 12.0. The van der Waals surface area contributed by atoms with Gasteiger partial charge in [-0.15, -0.1) is 0 Å². The first kappa shape index (κ1) is 31.1. The molecule has 0 radical (unpaired) electrons. The van der Waals surface area contributed by atoms with Gasteiger partial charge in [0.2, 0.25) is 0 Å². The highest BCUT2D eigenvalue weighted by molar-refractivity contribution is 6.91. The van der Waals surface area contributed by atoms with Crippen molar-refractivity contribution in [1.82, 2.24) is 0 Å². The number of carbonyl (C=O) groups excluding carboxylic acids is 1. The number of hydrogen-bond donors (Lipinski definition) is 0. The van der Waals surface area contributed by atoms with Crippen molar-refractivity contribution in [2.75, 3.05) is 0 Å². The molecule has 0 heterocycles. The summed E-state index contributed by atoms with van der Waals surface area (Å²) < 4.78 is 33.2. The fourth-order valence-corrected chi connectivity index (χ4v) is 21.4. The predicted molar refractivity (Wildman–Crippen MR) is 141 cm³/mol. The Labute approximate surface area is 197 Å². The first-order chi connectivity index (χ1) is 13.6. The van der Waals surface area contributed by atoms with Crippen molar-refractivity contribution >= 4 is 48.5 Å². The van der Waals surface area contributed by atoms with E-state index in [0.717, 1.165) is 0 Å². The van der Waals surface area contributed by atoms with Gasteiger partial charge in [0.25, 0.3) is 0 Å².